The zero-order valence-electron chi connectivity index (χ0n) is 15.8. The number of amides is 2. The largest absolute Gasteiger partial charge is 0.482 e. The zero-order valence-corrected chi connectivity index (χ0v) is 16.6. The summed E-state index contributed by atoms with van der Waals surface area (Å²) >= 11 is 1.75. The number of benzene rings is 2. The Morgan fingerprint density at radius 1 is 1.07 bits per heavy atom. The molecule has 0 saturated heterocycles. The monoisotopic (exact) mass is 404 g/mol. The average Bonchev–Trinajstić information content (AvgIpc) is 3.24. The summed E-state index contributed by atoms with van der Waals surface area (Å²) < 4.78 is 5.50. The van der Waals surface area contributed by atoms with Gasteiger partial charge in [0, 0.05) is 11.4 Å². The van der Waals surface area contributed by atoms with Crippen molar-refractivity contribution >= 4 is 28.8 Å². The molecule has 5 rings (SSSR count). The van der Waals surface area contributed by atoms with Gasteiger partial charge in [-0.2, -0.15) is 0 Å². The van der Waals surface area contributed by atoms with Crippen molar-refractivity contribution in [3.05, 3.63) is 82.0 Å². The number of anilines is 1. The lowest BCUT2D eigenvalue weighted by molar-refractivity contribution is -0.133. The first-order chi connectivity index (χ1) is 14.2. The van der Waals surface area contributed by atoms with Crippen molar-refractivity contribution in [3.8, 4) is 5.75 Å². The van der Waals surface area contributed by atoms with Gasteiger partial charge in [-0.15, -0.1) is 11.3 Å². The Balaban J connectivity index is 1.47. The Morgan fingerprint density at radius 3 is 2.72 bits per heavy atom. The lowest BCUT2D eigenvalue weighted by Gasteiger charge is -2.38. The molecule has 3 aromatic rings. The van der Waals surface area contributed by atoms with Gasteiger partial charge in [0.2, 0.25) is 5.91 Å². The van der Waals surface area contributed by atoms with Crippen molar-refractivity contribution in [2.75, 3.05) is 24.6 Å². The molecule has 2 aliphatic rings. The first kappa shape index (κ1) is 17.9. The van der Waals surface area contributed by atoms with Gasteiger partial charge in [-0.25, -0.2) is 0 Å². The Kier molecular flexibility index (Phi) is 4.56. The second-order valence-electron chi connectivity index (χ2n) is 7.19. The molecule has 0 bridgehead atoms. The number of carbonyl (C=O) groups is 2. The second kappa shape index (κ2) is 7.37. The van der Waals surface area contributed by atoms with Crippen LogP contribution in [-0.4, -0.2) is 36.4 Å². The predicted molar refractivity (Wildman–Crippen MR) is 112 cm³/mol. The van der Waals surface area contributed by atoms with E-state index in [4.69, 9.17) is 4.74 Å². The molecule has 29 heavy (non-hydrogen) atoms. The Labute approximate surface area is 173 Å². The van der Waals surface area contributed by atoms with Gasteiger partial charge in [-0.1, -0.05) is 42.5 Å². The van der Waals surface area contributed by atoms with Crippen molar-refractivity contribution in [1.29, 1.82) is 0 Å². The molecule has 0 N–H and O–H groups in total. The van der Waals surface area contributed by atoms with Crippen LogP contribution in [0.15, 0.2) is 66.0 Å². The number of hydrogen-bond acceptors (Lipinski definition) is 4. The van der Waals surface area contributed by atoms with E-state index in [2.05, 4.69) is 23.6 Å². The molecule has 0 aliphatic carbocycles. The van der Waals surface area contributed by atoms with Gasteiger partial charge in [-0.05, 0) is 41.1 Å². The number of para-hydroxylation sites is 2. The predicted octanol–water partition coefficient (Wildman–Crippen LogP) is 3.65. The van der Waals surface area contributed by atoms with E-state index in [1.165, 1.54) is 10.4 Å². The SMILES string of the molecule is O=C1COc2ccccc2N1CC(=O)N1CCc2sccc2C1c1ccccc1. The summed E-state index contributed by atoms with van der Waals surface area (Å²) in [4.78, 5) is 30.7. The van der Waals surface area contributed by atoms with Crippen molar-refractivity contribution in [2.45, 2.75) is 12.5 Å². The van der Waals surface area contributed by atoms with E-state index in [0.29, 0.717) is 18.0 Å². The highest BCUT2D eigenvalue weighted by atomic mass is 32.1. The van der Waals surface area contributed by atoms with Crippen LogP contribution in [-0.2, 0) is 16.0 Å². The molecule has 3 heterocycles. The van der Waals surface area contributed by atoms with E-state index in [1.54, 1.807) is 16.2 Å². The molecule has 146 valence electrons. The molecule has 0 radical (unpaired) electrons. The Bertz CT molecular complexity index is 1060. The Morgan fingerprint density at radius 2 is 1.86 bits per heavy atom. The molecule has 0 saturated carbocycles. The quantitative estimate of drug-likeness (QED) is 0.670. The van der Waals surface area contributed by atoms with Crippen molar-refractivity contribution in [2.24, 2.45) is 0 Å². The van der Waals surface area contributed by atoms with Crippen LogP contribution in [0.3, 0.4) is 0 Å². The summed E-state index contributed by atoms with van der Waals surface area (Å²) in [6.07, 6.45) is 0.843. The van der Waals surface area contributed by atoms with Crippen LogP contribution < -0.4 is 9.64 Å². The molecule has 1 aromatic heterocycles. The summed E-state index contributed by atoms with van der Waals surface area (Å²) in [5.74, 6) is 0.389. The topological polar surface area (TPSA) is 49.9 Å². The molecule has 2 aliphatic heterocycles. The highest BCUT2D eigenvalue weighted by molar-refractivity contribution is 7.10. The molecule has 5 nitrogen and oxygen atoms in total. The zero-order chi connectivity index (χ0) is 19.8. The minimum atomic E-state index is -0.193. The number of nitrogens with zero attached hydrogens (tertiary/aromatic N) is 2. The lowest BCUT2D eigenvalue weighted by atomic mass is 9.93. The molecule has 6 heteroatoms. The van der Waals surface area contributed by atoms with Gasteiger partial charge in [0.1, 0.15) is 12.3 Å². The number of ether oxygens (including phenoxy) is 1. The number of hydrogen-bond donors (Lipinski definition) is 0. The van der Waals surface area contributed by atoms with Crippen LogP contribution in [0.5, 0.6) is 5.75 Å². The van der Waals surface area contributed by atoms with Gasteiger partial charge in [-0.3, -0.25) is 14.5 Å². The van der Waals surface area contributed by atoms with Crippen molar-refractivity contribution in [1.82, 2.24) is 4.90 Å². The van der Waals surface area contributed by atoms with Crippen molar-refractivity contribution in [3.63, 3.8) is 0 Å². The summed E-state index contributed by atoms with van der Waals surface area (Å²) in [6, 6.07) is 19.5. The van der Waals surface area contributed by atoms with Gasteiger partial charge in [0.25, 0.3) is 5.91 Å². The van der Waals surface area contributed by atoms with Crippen LogP contribution in [0.1, 0.15) is 22.0 Å². The van der Waals surface area contributed by atoms with E-state index in [0.717, 1.165) is 12.0 Å². The van der Waals surface area contributed by atoms with Crippen LogP contribution in [0.2, 0.25) is 0 Å². The molecule has 0 spiro atoms. The lowest BCUT2D eigenvalue weighted by Crippen LogP contribution is -2.49. The highest BCUT2D eigenvalue weighted by Gasteiger charge is 2.35. The minimum Gasteiger partial charge on any atom is -0.482 e. The maximum atomic E-state index is 13.4. The van der Waals surface area contributed by atoms with Gasteiger partial charge >= 0.3 is 0 Å². The van der Waals surface area contributed by atoms with Crippen LogP contribution >= 0.6 is 11.3 Å². The number of carbonyl (C=O) groups excluding carboxylic acids is 2. The fraction of sp³-hybridized carbons (Fsp3) is 0.217. The number of thiophene rings is 1. The van der Waals surface area contributed by atoms with E-state index in [9.17, 15) is 9.59 Å². The smallest absolute Gasteiger partial charge is 0.265 e. The first-order valence-electron chi connectivity index (χ1n) is 9.65. The van der Waals surface area contributed by atoms with Crippen LogP contribution in [0.4, 0.5) is 5.69 Å². The first-order valence-corrected chi connectivity index (χ1v) is 10.5. The fourth-order valence-electron chi connectivity index (χ4n) is 4.13. The molecular formula is C23H20N2O3S. The molecule has 1 atom stereocenters. The summed E-state index contributed by atoms with van der Waals surface area (Å²) in [6.45, 7) is 0.620. The van der Waals surface area contributed by atoms with E-state index >= 15 is 0 Å². The molecule has 2 aromatic carbocycles. The molecule has 2 amide bonds. The average molecular weight is 404 g/mol. The summed E-state index contributed by atoms with van der Waals surface area (Å²) in [5, 5.41) is 2.09. The Hall–Kier alpha value is -3.12. The molecule has 1 unspecified atom stereocenters. The number of rotatable bonds is 3. The number of fused-ring (bicyclic) bond motifs is 2. The van der Waals surface area contributed by atoms with Crippen molar-refractivity contribution < 1.29 is 14.3 Å². The van der Waals surface area contributed by atoms with E-state index in [-0.39, 0.29) is 31.0 Å². The summed E-state index contributed by atoms with van der Waals surface area (Å²) in [5.41, 5.74) is 2.94. The third-order valence-corrected chi connectivity index (χ3v) is 6.50. The highest BCUT2D eigenvalue weighted by Crippen LogP contribution is 2.38. The van der Waals surface area contributed by atoms with Crippen LogP contribution in [0.25, 0.3) is 0 Å². The van der Waals surface area contributed by atoms with Crippen LogP contribution in [0, 0.1) is 0 Å². The van der Waals surface area contributed by atoms with Gasteiger partial charge in [0.15, 0.2) is 6.61 Å². The molecular weight excluding hydrogens is 384 g/mol. The third-order valence-electron chi connectivity index (χ3n) is 5.50. The molecule has 0 fully saturated rings. The maximum Gasteiger partial charge on any atom is 0.265 e. The second-order valence-corrected chi connectivity index (χ2v) is 8.19. The van der Waals surface area contributed by atoms with Gasteiger partial charge in [0.05, 0.1) is 11.7 Å². The standard InChI is InChI=1S/C23H20N2O3S/c26-21(14-25-18-8-4-5-9-19(18)28-15-22(25)27)24-12-10-20-17(11-13-29-20)23(24)16-6-2-1-3-7-16/h1-9,11,13,23H,10,12,14-15H2. The van der Waals surface area contributed by atoms with E-state index < -0.39 is 0 Å². The maximum absolute atomic E-state index is 13.4. The third kappa shape index (κ3) is 3.19. The van der Waals surface area contributed by atoms with Gasteiger partial charge < -0.3 is 9.64 Å². The normalized spacial score (nSPS) is 18.1. The summed E-state index contributed by atoms with van der Waals surface area (Å²) in [7, 11) is 0. The minimum absolute atomic E-state index is 0.0159. The van der Waals surface area contributed by atoms with E-state index in [1.807, 2.05) is 47.4 Å². The fourth-order valence-corrected chi connectivity index (χ4v) is 5.04.